The van der Waals surface area contributed by atoms with Gasteiger partial charge in [-0.25, -0.2) is 9.37 Å². The van der Waals surface area contributed by atoms with Crippen molar-refractivity contribution in [3.63, 3.8) is 0 Å². The number of ether oxygens (including phenoxy) is 1. The maximum Gasteiger partial charge on any atom is 0.206 e. The number of carbonyl (C=O) groups excluding carboxylic acids is 1. The molecule has 0 radical (unpaired) electrons. The number of anilines is 3. The molecule has 1 aromatic heterocycles. The van der Waals surface area contributed by atoms with E-state index in [1.165, 1.54) is 6.07 Å². The monoisotopic (exact) mass is 440 g/mol. The largest absolute Gasteiger partial charge is 0.489 e. The first-order chi connectivity index (χ1) is 14.9. The third-order valence-corrected chi connectivity index (χ3v) is 6.36. The third-order valence-electron chi connectivity index (χ3n) is 5.38. The minimum absolute atomic E-state index is 0.125. The molecule has 162 valence electrons. The highest BCUT2D eigenvalue weighted by Gasteiger charge is 2.22. The molecular formula is C23H25FN4O2S. The topological polar surface area (TPSA) is 80.5 Å². The lowest BCUT2D eigenvalue weighted by Crippen LogP contribution is -2.24. The van der Waals surface area contributed by atoms with E-state index in [2.05, 4.69) is 22.1 Å². The summed E-state index contributed by atoms with van der Waals surface area (Å²) >= 11 is 1.14. The van der Waals surface area contributed by atoms with Gasteiger partial charge in [0.1, 0.15) is 28.4 Å². The van der Waals surface area contributed by atoms with E-state index in [-0.39, 0.29) is 28.1 Å². The predicted octanol–water partition coefficient (Wildman–Crippen LogP) is 4.62. The van der Waals surface area contributed by atoms with E-state index in [1.807, 2.05) is 24.3 Å². The maximum atomic E-state index is 13.8. The molecule has 1 fully saturated rings. The van der Waals surface area contributed by atoms with Gasteiger partial charge in [-0.15, -0.1) is 0 Å². The summed E-state index contributed by atoms with van der Waals surface area (Å²) in [5, 5.41) is 3.66. The molecule has 0 saturated carbocycles. The Labute approximate surface area is 184 Å². The summed E-state index contributed by atoms with van der Waals surface area (Å²) in [5.41, 5.74) is 7.50. The Kier molecular flexibility index (Phi) is 6.20. The second kappa shape index (κ2) is 9.03. The van der Waals surface area contributed by atoms with Gasteiger partial charge in [0.2, 0.25) is 5.78 Å². The Morgan fingerprint density at radius 3 is 2.77 bits per heavy atom. The van der Waals surface area contributed by atoms with Crippen LogP contribution in [0.4, 0.5) is 21.0 Å². The Balaban J connectivity index is 1.42. The van der Waals surface area contributed by atoms with E-state index in [1.54, 1.807) is 19.1 Å². The van der Waals surface area contributed by atoms with Gasteiger partial charge in [-0.3, -0.25) is 9.69 Å². The summed E-state index contributed by atoms with van der Waals surface area (Å²) < 4.78 is 19.9. The normalized spacial score (nSPS) is 16.4. The lowest BCUT2D eigenvalue weighted by atomic mass is 10.1. The number of nitrogen functional groups attached to an aromatic ring is 1. The summed E-state index contributed by atoms with van der Waals surface area (Å²) in [6.45, 7) is 6.88. The van der Waals surface area contributed by atoms with Gasteiger partial charge in [0.25, 0.3) is 0 Å². The van der Waals surface area contributed by atoms with Crippen molar-refractivity contribution in [2.45, 2.75) is 26.4 Å². The first-order valence-corrected chi connectivity index (χ1v) is 11.1. The fourth-order valence-electron chi connectivity index (χ4n) is 3.53. The number of hydrogen-bond acceptors (Lipinski definition) is 7. The van der Waals surface area contributed by atoms with Gasteiger partial charge in [0.05, 0.1) is 0 Å². The van der Waals surface area contributed by atoms with Crippen molar-refractivity contribution in [2.24, 2.45) is 0 Å². The molecule has 0 aliphatic carbocycles. The zero-order chi connectivity index (χ0) is 22.0. The van der Waals surface area contributed by atoms with Crippen molar-refractivity contribution in [3.8, 4) is 5.75 Å². The van der Waals surface area contributed by atoms with E-state index < -0.39 is 5.82 Å². The van der Waals surface area contributed by atoms with Crippen molar-refractivity contribution in [1.29, 1.82) is 0 Å². The number of thiazole rings is 1. The highest BCUT2D eigenvalue weighted by atomic mass is 32.1. The average Bonchev–Trinajstić information content (AvgIpc) is 3.37. The molecule has 1 aliphatic heterocycles. The fourth-order valence-corrected chi connectivity index (χ4v) is 4.39. The molecule has 0 bridgehead atoms. The molecule has 1 atom stereocenters. The Bertz CT molecular complexity index is 1080. The SMILES string of the molecule is CCN1CCC(Oc2ccc(Nc3nc(N)c(C(=O)c4ccc(C)c(F)c4)s3)cc2)C1. The zero-order valence-electron chi connectivity index (χ0n) is 17.5. The third kappa shape index (κ3) is 4.86. The number of rotatable bonds is 7. The van der Waals surface area contributed by atoms with Gasteiger partial charge in [-0.05, 0) is 55.8 Å². The predicted molar refractivity (Wildman–Crippen MR) is 122 cm³/mol. The lowest BCUT2D eigenvalue weighted by Gasteiger charge is -2.15. The number of nitrogens with one attached hydrogen (secondary N) is 1. The molecule has 0 spiro atoms. The minimum atomic E-state index is -0.422. The van der Waals surface area contributed by atoms with Crippen LogP contribution in [0.1, 0.15) is 34.1 Å². The second-order valence-electron chi connectivity index (χ2n) is 7.60. The van der Waals surface area contributed by atoms with Crippen molar-refractivity contribution in [1.82, 2.24) is 9.88 Å². The van der Waals surface area contributed by atoms with E-state index >= 15 is 0 Å². The number of hydrogen-bond donors (Lipinski definition) is 2. The summed E-state index contributed by atoms with van der Waals surface area (Å²) in [6, 6.07) is 12.0. The van der Waals surface area contributed by atoms with Gasteiger partial charge >= 0.3 is 0 Å². The average molecular weight is 441 g/mol. The maximum absolute atomic E-state index is 13.8. The summed E-state index contributed by atoms with van der Waals surface area (Å²) in [5.74, 6) is 0.183. The number of benzene rings is 2. The number of aromatic nitrogens is 1. The first kappa shape index (κ1) is 21.3. The van der Waals surface area contributed by atoms with E-state index in [0.717, 1.165) is 48.8 Å². The fraction of sp³-hybridized carbons (Fsp3) is 0.304. The van der Waals surface area contributed by atoms with Crippen LogP contribution in [0.2, 0.25) is 0 Å². The highest BCUT2D eigenvalue weighted by Crippen LogP contribution is 2.31. The van der Waals surface area contributed by atoms with Crippen molar-refractivity contribution < 1.29 is 13.9 Å². The van der Waals surface area contributed by atoms with Crippen LogP contribution in [0.15, 0.2) is 42.5 Å². The lowest BCUT2D eigenvalue weighted by molar-refractivity contribution is 0.104. The van der Waals surface area contributed by atoms with Crippen LogP contribution in [0.5, 0.6) is 5.75 Å². The second-order valence-corrected chi connectivity index (χ2v) is 8.60. The van der Waals surface area contributed by atoms with Crippen LogP contribution in [0, 0.1) is 12.7 Å². The number of aryl methyl sites for hydroxylation is 1. The molecule has 2 aromatic carbocycles. The van der Waals surface area contributed by atoms with Crippen LogP contribution in [-0.4, -0.2) is 41.4 Å². The Morgan fingerprint density at radius 1 is 1.32 bits per heavy atom. The van der Waals surface area contributed by atoms with Crippen LogP contribution in [0.3, 0.4) is 0 Å². The Hall–Kier alpha value is -2.97. The van der Waals surface area contributed by atoms with Crippen LogP contribution in [0.25, 0.3) is 0 Å². The molecule has 0 amide bonds. The molecular weight excluding hydrogens is 415 g/mol. The molecule has 31 heavy (non-hydrogen) atoms. The molecule has 4 rings (SSSR count). The van der Waals surface area contributed by atoms with Gasteiger partial charge in [-0.2, -0.15) is 0 Å². The van der Waals surface area contributed by atoms with Crippen LogP contribution in [-0.2, 0) is 0 Å². The summed E-state index contributed by atoms with van der Waals surface area (Å²) in [6.07, 6.45) is 1.26. The molecule has 1 saturated heterocycles. The number of carbonyl (C=O) groups is 1. The number of likely N-dealkylation sites (tertiary alicyclic amines) is 1. The van der Waals surface area contributed by atoms with Gasteiger partial charge in [0.15, 0.2) is 5.13 Å². The minimum Gasteiger partial charge on any atom is -0.489 e. The van der Waals surface area contributed by atoms with Crippen molar-refractivity contribution in [2.75, 3.05) is 30.7 Å². The van der Waals surface area contributed by atoms with E-state index in [0.29, 0.717) is 10.7 Å². The molecule has 8 heteroatoms. The zero-order valence-corrected chi connectivity index (χ0v) is 18.3. The summed E-state index contributed by atoms with van der Waals surface area (Å²) in [7, 11) is 0. The smallest absolute Gasteiger partial charge is 0.206 e. The number of halogens is 1. The highest BCUT2D eigenvalue weighted by molar-refractivity contribution is 7.18. The van der Waals surface area contributed by atoms with Crippen LogP contribution >= 0.6 is 11.3 Å². The van der Waals surface area contributed by atoms with Gasteiger partial charge < -0.3 is 15.8 Å². The molecule has 2 heterocycles. The molecule has 1 unspecified atom stereocenters. The van der Waals surface area contributed by atoms with Gasteiger partial charge in [-0.1, -0.05) is 30.4 Å². The van der Waals surface area contributed by atoms with E-state index in [4.69, 9.17) is 10.5 Å². The number of likely N-dealkylation sites (N-methyl/N-ethyl adjacent to an activating group) is 1. The van der Waals surface area contributed by atoms with Crippen molar-refractivity contribution >= 4 is 33.8 Å². The Morgan fingerprint density at radius 2 is 2.10 bits per heavy atom. The molecule has 3 aromatic rings. The quantitative estimate of drug-likeness (QED) is 0.522. The molecule has 1 aliphatic rings. The first-order valence-electron chi connectivity index (χ1n) is 10.3. The van der Waals surface area contributed by atoms with E-state index in [9.17, 15) is 9.18 Å². The van der Waals surface area contributed by atoms with Gasteiger partial charge in [0, 0.05) is 24.3 Å². The number of ketones is 1. The molecule has 3 N–H and O–H groups in total. The standard InChI is InChI=1S/C23H25FN4O2S/c1-3-28-11-10-18(13-28)30-17-8-6-16(7-9-17)26-23-27-22(25)21(31-23)20(29)15-5-4-14(2)19(24)12-15/h4-9,12,18H,3,10-11,13,25H2,1-2H3,(H,26,27). The number of nitrogens with two attached hydrogens (primary N) is 1. The summed E-state index contributed by atoms with van der Waals surface area (Å²) in [4.78, 5) is 19.6. The van der Waals surface area contributed by atoms with Crippen molar-refractivity contribution in [3.05, 3.63) is 64.3 Å². The molecule has 6 nitrogen and oxygen atoms in total. The number of nitrogens with zero attached hydrogens (tertiary/aromatic N) is 2. The van der Waals surface area contributed by atoms with Crippen LogP contribution < -0.4 is 15.8 Å².